The van der Waals surface area contributed by atoms with Crippen LogP contribution in [0.5, 0.6) is 0 Å². The van der Waals surface area contributed by atoms with E-state index in [1.165, 1.54) is 11.8 Å². The van der Waals surface area contributed by atoms with Crippen LogP contribution in [0.25, 0.3) is 16.9 Å². The fourth-order valence-corrected chi connectivity index (χ4v) is 5.86. The van der Waals surface area contributed by atoms with Crippen molar-refractivity contribution < 1.29 is 13.2 Å². The van der Waals surface area contributed by atoms with Crippen LogP contribution in [0.4, 0.5) is 0 Å². The van der Waals surface area contributed by atoms with E-state index >= 15 is 0 Å². The molecule has 150 valence electrons. The van der Waals surface area contributed by atoms with E-state index in [1.807, 2.05) is 71.4 Å². The number of para-hydroxylation sites is 1. The van der Waals surface area contributed by atoms with Gasteiger partial charge in [0.25, 0.3) is 0 Å². The molecule has 1 atom stereocenters. The number of nitrogens with one attached hydrogen (secondary N) is 1. The third kappa shape index (κ3) is 4.71. The van der Waals surface area contributed by atoms with E-state index in [9.17, 15) is 13.2 Å². The lowest BCUT2D eigenvalue weighted by molar-refractivity contribution is -0.119. The molecule has 0 radical (unpaired) electrons. The molecular formula is C21H21N3O3S2. The Labute approximate surface area is 174 Å². The molecule has 0 bridgehead atoms. The van der Waals surface area contributed by atoms with Crippen LogP contribution in [0.1, 0.15) is 6.42 Å². The minimum atomic E-state index is -3.02. The molecule has 1 saturated heterocycles. The number of sulfone groups is 1. The number of amides is 1. The molecular weight excluding hydrogens is 406 g/mol. The predicted octanol–water partition coefficient (Wildman–Crippen LogP) is 2.93. The first-order valence-electron chi connectivity index (χ1n) is 9.33. The van der Waals surface area contributed by atoms with Crippen LogP contribution < -0.4 is 5.32 Å². The standard InChI is InChI=1S/C21H21N3O3S2/c25-20(23-17-11-12-29(26,27)15-17)14-28-21-22-13-19(16-7-3-1-4-8-16)24(21)18-9-5-2-6-10-18/h1-10,13,17H,11-12,14-15H2,(H,23,25)/t17-/m1/s1. The minimum Gasteiger partial charge on any atom is -0.352 e. The van der Waals surface area contributed by atoms with Crippen molar-refractivity contribution >= 4 is 27.5 Å². The molecule has 2 heterocycles. The average molecular weight is 428 g/mol. The summed E-state index contributed by atoms with van der Waals surface area (Å²) in [4.78, 5) is 16.9. The Morgan fingerprint density at radius 2 is 1.79 bits per heavy atom. The number of hydrogen-bond donors (Lipinski definition) is 1. The van der Waals surface area contributed by atoms with Gasteiger partial charge < -0.3 is 5.32 Å². The van der Waals surface area contributed by atoms with Crippen LogP contribution in [0.2, 0.25) is 0 Å². The van der Waals surface area contributed by atoms with Crippen LogP contribution in [0, 0.1) is 0 Å². The highest BCUT2D eigenvalue weighted by Crippen LogP contribution is 2.29. The summed E-state index contributed by atoms with van der Waals surface area (Å²) in [5.41, 5.74) is 2.95. The average Bonchev–Trinajstić information content (AvgIpc) is 3.30. The molecule has 1 amide bonds. The first-order valence-corrected chi connectivity index (χ1v) is 12.1. The van der Waals surface area contributed by atoms with E-state index in [0.29, 0.717) is 11.6 Å². The summed E-state index contributed by atoms with van der Waals surface area (Å²) in [6, 6.07) is 19.6. The van der Waals surface area contributed by atoms with Crippen molar-refractivity contribution in [2.45, 2.75) is 17.6 Å². The van der Waals surface area contributed by atoms with E-state index in [-0.39, 0.29) is 29.2 Å². The molecule has 1 fully saturated rings. The van der Waals surface area contributed by atoms with Gasteiger partial charge in [0.2, 0.25) is 5.91 Å². The fraction of sp³-hybridized carbons (Fsp3) is 0.238. The van der Waals surface area contributed by atoms with Gasteiger partial charge in [0.05, 0.1) is 29.1 Å². The smallest absolute Gasteiger partial charge is 0.230 e. The van der Waals surface area contributed by atoms with Crippen LogP contribution in [-0.4, -0.2) is 47.2 Å². The number of carbonyl (C=O) groups is 1. The zero-order valence-corrected chi connectivity index (χ0v) is 17.3. The molecule has 2 aromatic carbocycles. The van der Waals surface area contributed by atoms with Crippen LogP contribution in [0.3, 0.4) is 0 Å². The number of imidazole rings is 1. The quantitative estimate of drug-likeness (QED) is 0.612. The van der Waals surface area contributed by atoms with Crippen molar-refractivity contribution in [1.82, 2.24) is 14.9 Å². The van der Waals surface area contributed by atoms with Crippen LogP contribution >= 0.6 is 11.8 Å². The third-order valence-electron chi connectivity index (χ3n) is 4.74. The second-order valence-corrected chi connectivity index (χ2v) is 10.1. The molecule has 1 N–H and O–H groups in total. The summed E-state index contributed by atoms with van der Waals surface area (Å²) >= 11 is 1.34. The van der Waals surface area contributed by atoms with Crippen molar-refractivity contribution in [3.8, 4) is 16.9 Å². The molecule has 3 aromatic rings. The van der Waals surface area contributed by atoms with Crippen molar-refractivity contribution in [3.05, 3.63) is 66.9 Å². The Morgan fingerprint density at radius 1 is 1.10 bits per heavy atom. The van der Waals surface area contributed by atoms with E-state index in [0.717, 1.165) is 16.9 Å². The first-order chi connectivity index (χ1) is 14.0. The van der Waals surface area contributed by atoms with Crippen LogP contribution in [0.15, 0.2) is 72.0 Å². The second kappa shape index (κ2) is 8.42. The van der Waals surface area contributed by atoms with Gasteiger partial charge in [0.1, 0.15) is 0 Å². The molecule has 29 heavy (non-hydrogen) atoms. The number of nitrogens with zero attached hydrogens (tertiary/aromatic N) is 2. The number of rotatable bonds is 6. The van der Waals surface area contributed by atoms with Gasteiger partial charge in [-0.2, -0.15) is 0 Å². The normalized spacial score (nSPS) is 17.9. The molecule has 4 rings (SSSR count). The number of aromatic nitrogens is 2. The third-order valence-corrected chi connectivity index (χ3v) is 7.46. The predicted molar refractivity (Wildman–Crippen MR) is 115 cm³/mol. The highest BCUT2D eigenvalue weighted by atomic mass is 32.2. The van der Waals surface area contributed by atoms with E-state index in [1.54, 1.807) is 0 Å². The summed E-state index contributed by atoms with van der Waals surface area (Å²) in [5.74, 6) is 0.166. The van der Waals surface area contributed by atoms with Gasteiger partial charge in [0.15, 0.2) is 15.0 Å². The maximum Gasteiger partial charge on any atom is 0.230 e. The molecule has 0 spiro atoms. The summed E-state index contributed by atoms with van der Waals surface area (Å²) < 4.78 is 25.2. The van der Waals surface area contributed by atoms with Gasteiger partial charge in [-0.25, -0.2) is 13.4 Å². The largest absolute Gasteiger partial charge is 0.352 e. The highest BCUT2D eigenvalue weighted by Gasteiger charge is 2.29. The zero-order chi connectivity index (χ0) is 20.3. The van der Waals surface area contributed by atoms with Crippen molar-refractivity contribution in [2.75, 3.05) is 17.3 Å². The van der Waals surface area contributed by atoms with E-state index in [2.05, 4.69) is 10.3 Å². The van der Waals surface area contributed by atoms with Gasteiger partial charge in [-0.05, 0) is 18.6 Å². The summed E-state index contributed by atoms with van der Waals surface area (Å²) in [7, 11) is -3.02. The maximum absolute atomic E-state index is 12.3. The Morgan fingerprint density at radius 3 is 2.45 bits per heavy atom. The van der Waals surface area contributed by atoms with Gasteiger partial charge in [0, 0.05) is 17.3 Å². The van der Waals surface area contributed by atoms with Crippen molar-refractivity contribution in [1.29, 1.82) is 0 Å². The van der Waals surface area contributed by atoms with Gasteiger partial charge in [-0.3, -0.25) is 9.36 Å². The van der Waals surface area contributed by atoms with Gasteiger partial charge >= 0.3 is 0 Å². The molecule has 1 aromatic heterocycles. The molecule has 0 saturated carbocycles. The van der Waals surface area contributed by atoms with Gasteiger partial charge in [-0.1, -0.05) is 60.3 Å². The minimum absolute atomic E-state index is 0.0280. The fourth-order valence-electron chi connectivity index (χ4n) is 3.38. The Hall–Kier alpha value is -2.58. The summed E-state index contributed by atoms with van der Waals surface area (Å²) in [6.45, 7) is 0. The molecule has 8 heteroatoms. The Kier molecular flexibility index (Phi) is 5.73. The SMILES string of the molecule is O=C(CSc1ncc(-c2ccccc2)n1-c1ccccc1)N[C@@H]1CCS(=O)(=O)C1. The van der Waals surface area contributed by atoms with Crippen LogP contribution in [-0.2, 0) is 14.6 Å². The lowest BCUT2D eigenvalue weighted by Crippen LogP contribution is -2.36. The highest BCUT2D eigenvalue weighted by molar-refractivity contribution is 7.99. The van der Waals surface area contributed by atoms with Crippen molar-refractivity contribution in [3.63, 3.8) is 0 Å². The zero-order valence-electron chi connectivity index (χ0n) is 15.7. The lowest BCUT2D eigenvalue weighted by Gasteiger charge is -2.13. The number of carbonyl (C=O) groups excluding carboxylic acids is 1. The number of hydrogen-bond acceptors (Lipinski definition) is 5. The topological polar surface area (TPSA) is 81.1 Å². The number of thioether (sulfide) groups is 1. The maximum atomic E-state index is 12.3. The lowest BCUT2D eigenvalue weighted by atomic mass is 10.1. The van der Waals surface area contributed by atoms with Gasteiger partial charge in [-0.15, -0.1) is 0 Å². The first kappa shape index (κ1) is 19.7. The second-order valence-electron chi connectivity index (χ2n) is 6.92. The van der Waals surface area contributed by atoms with E-state index in [4.69, 9.17) is 0 Å². The Bertz CT molecular complexity index is 1100. The molecule has 1 aliphatic rings. The number of benzene rings is 2. The molecule has 0 aliphatic carbocycles. The molecule has 0 unspecified atom stereocenters. The Balaban J connectivity index is 1.53. The van der Waals surface area contributed by atoms with E-state index < -0.39 is 9.84 Å². The monoisotopic (exact) mass is 427 g/mol. The summed E-state index contributed by atoms with van der Waals surface area (Å²) in [5, 5.41) is 3.54. The summed E-state index contributed by atoms with van der Waals surface area (Å²) in [6.07, 6.45) is 2.29. The molecule has 6 nitrogen and oxygen atoms in total. The molecule has 1 aliphatic heterocycles. The van der Waals surface area contributed by atoms with Crippen molar-refractivity contribution in [2.24, 2.45) is 0 Å².